The molecular weight excluding hydrogens is 232 g/mol. The van der Waals surface area contributed by atoms with Gasteiger partial charge in [0, 0.05) is 14.2 Å². The van der Waals surface area contributed by atoms with E-state index in [0.29, 0.717) is 6.42 Å². The zero-order valence-corrected chi connectivity index (χ0v) is 10.7. The minimum absolute atomic E-state index is 0.141. The average molecular weight is 250 g/mol. The van der Waals surface area contributed by atoms with E-state index in [1.54, 1.807) is 0 Å². The Hall–Kier alpha value is -1.39. The molecule has 0 saturated carbocycles. The molecule has 1 unspecified atom stereocenters. The Morgan fingerprint density at radius 2 is 1.94 bits per heavy atom. The highest BCUT2D eigenvalue weighted by Gasteiger charge is 2.50. The smallest absolute Gasteiger partial charge is 0.367 e. The predicted molar refractivity (Wildman–Crippen MR) is 66.0 cm³/mol. The molecule has 2 rings (SSSR count). The molecule has 0 N–H and O–H groups in total. The second-order valence-corrected chi connectivity index (χ2v) is 4.42. The summed E-state index contributed by atoms with van der Waals surface area (Å²) < 4.78 is 15.6. The lowest BCUT2D eigenvalue weighted by atomic mass is 10.0. The lowest BCUT2D eigenvalue weighted by molar-refractivity contribution is -0.210. The second-order valence-electron chi connectivity index (χ2n) is 4.42. The Balaban J connectivity index is 1.91. The quantitative estimate of drug-likeness (QED) is 0.591. The molecule has 0 radical (unpaired) electrons. The molecule has 18 heavy (non-hydrogen) atoms. The molecule has 0 bridgehead atoms. The van der Waals surface area contributed by atoms with Crippen LogP contribution in [-0.4, -0.2) is 32.1 Å². The third kappa shape index (κ3) is 2.54. The van der Waals surface area contributed by atoms with Crippen molar-refractivity contribution >= 4 is 5.97 Å². The van der Waals surface area contributed by atoms with Crippen LogP contribution in [0.4, 0.5) is 0 Å². The summed E-state index contributed by atoms with van der Waals surface area (Å²) in [5, 5.41) is 0. The summed E-state index contributed by atoms with van der Waals surface area (Å²) >= 11 is 0. The number of carbonyl (C=O) groups excluding carboxylic acids is 1. The summed E-state index contributed by atoms with van der Waals surface area (Å²) in [5.41, 5.74) is 1.24. The maximum atomic E-state index is 11.7. The molecule has 98 valence electrons. The first-order valence-corrected chi connectivity index (χ1v) is 6.05. The number of hydrogen-bond acceptors (Lipinski definition) is 4. The summed E-state index contributed by atoms with van der Waals surface area (Å²) in [5.74, 6) is -1.63. The van der Waals surface area contributed by atoms with Crippen LogP contribution < -0.4 is 0 Å². The van der Waals surface area contributed by atoms with Gasteiger partial charge in [-0.2, -0.15) is 0 Å². The van der Waals surface area contributed by atoms with Gasteiger partial charge in [-0.1, -0.05) is 30.3 Å². The number of esters is 1. The molecule has 1 aromatic carbocycles. The zero-order valence-electron chi connectivity index (χ0n) is 10.7. The van der Waals surface area contributed by atoms with Gasteiger partial charge in [-0.3, -0.25) is 0 Å². The number of methoxy groups -OCH3 is 2. The fourth-order valence-electron chi connectivity index (χ4n) is 2.22. The largest absolute Gasteiger partial charge is 0.458 e. The highest BCUT2D eigenvalue weighted by molar-refractivity contribution is 5.80. The lowest BCUT2D eigenvalue weighted by Gasteiger charge is -2.20. The van der Waals surface area contributed by atoms with Crippen LogP contribution in [0, 0.1) is 0 Å². The van der Waals surface area contributed by atoms with E-state index in [0.717, 1.165) is 12.8 Å². The molecule has 1 aromatic rings. The Labute approximate surface area is 107 Å². The average Bonchev–Trinajstić information content (AvgIpc) is 2.74. The molecule has 0 amide bonds. The minimum Gasteiger partial charge on any atom is -0.458 e. The molecule has 4 heteroatoms. The van der Waals surface area contributed by atoms with Gasteiger partial charge in [0.05, 0.1) is 6.42 Å². The zero-order chi connectivity index (χ0) is 13.0. The van der Waals surface area contributed by atoms with Crippen molar-refractivity contribution in [1.82, 2.24) is 0 Å². The maximum Gasteiger partial charge on any atom is 0.367 e. The van der Waals surface area contributed by atoms with Gasteiger partial charge in [-0.05, 0) is 18.4 Å². The first-order chi connectivity index (χ1) is 8.70. The van der Waals surface area contributed by atoms with E-state index < -0.39 is 11.8 Å². The van der Waals surface area contributed by atoms with Gasteiger partial charge < -0.3 is 14.2 Å². The van der Waals surface area contributed by atoms with Gasteiger partial charge in [0.1, 0.15) is 6.10 Å². The molecule has 0 aliphatic carbocycles. The van der Waals surface area contributed by atoms with Crippen LogP contribution in [-0.2, 0) is 25.4 Å². The minimum atomic E-state index is -1.21. The number of cyclic esters (lactones) is 1. The van der Waals surface area contributed by atoms with Crippen molar-refractivity contribution < 1.29 is 19.0 Å². The molecule has 1 aliphatic heterocycles. The van der Waals surface area contributed by atoms with E-state index in [1.165, 1.54) is 19.8 Å². The van der Waals surface area contributed by atoms with Crippen LogP contribution in [0.3, 0.4) is 0 Å². The number of aryl methyl sites for hydroxylation is 1. The normalized spacial score (nSPS) is 21.9. The van der Waals surface area contributed by atoms with Crippen LogP contribution in [0.2, 0.25) is 0 Å². The molecule has 1 heterocycles. The van der Waals surface area contributed by atoms with Gasteiger partial charge in [0.2, 0.25) is 0 Å². The number of carbonyl (C=O) groups is 1. The monoisotopic (exact) mass is 250 g/mol. The van der Waals surface area contributed by atoms with Crippen molar-refractivity contribution in [1.29, 1.82) is 0 Å². The standard InChI is InChI=1S/C14H18O4/c1-16-14(17-2)10-12(18-13(14)15)9-8-11-6-4-3-5-7-11/h3-7,12H,8-10H2,1-2H3. The second kappa shape index (κ2) is 5.50. The topological polar surface area (TPSA) is 44.8 Å². The van der Waals surface area contributed by atoms with Crippen molar-refractivity contribution in [2.75, 3.05) is 14.2 Å². The van der Waals surface area contributed by atoms with Crippen LogP contribution in [0.25, 0.3) is 0 Å². The number of ether oxygens (including phenoxy) is 3. The predicted octanol–water partition coefficient (Wildman–Crippen LogP) is 1.92. The van der Waals surface area contributed by atoms with Crippen molar-refractivity contribution in [2.45, 2.75) is 31.2 Å². The van der Waals surface area contributed by atoms with Gasteiger partial charge >= 0.3 is 5.97 Å². The lowest BCUT2D eigenvalue weighted by Crippen LogP contribution is -2.38. The van der Waals surface area contributed by atoms with E-state index in [1.807, 2.05) is 18.2 Å². The fourth-order valence-corrected chi connectivity index (χ4v) is 2.22. The van der Waals surface area contributed by atoms with E-state index >= 15 is 0 Å². The van der Waals surface area contributed by atoms with Crippen LogP contribution in [0.1, 0.15) is 18.4 Å². The molecular formula is C14H18O4. The van der Waals surface area contributed by atoms with E-state index in [4.69, 9.17) is 14.2 Å². The molecule has 1 fully saturated rings. The van der Waals surface area contributed by atoms with E-state index in [-0.39, 0.29) is 6.10 Å². The molecule has 0 spiro atoms. The van der Waals surface area contributed by atoms with Crippen molar-refractivity contribution in [3.05, 3.63) is 35.9 Å². The summed E-state index contributed by atoms with van der Waals surface area (Å²) in [7, 11) is 2.93. The van der Waals surface area contributed by atoms with Gasteiger partial charge in [0.15, 0.2) is 0 Å². The van der Waals surface area contributed by atoms with Crippen molar-refractivity contribution in [3.8, 4) is 0 Å². The number of benzene rings is 1. The van der Waals surface area contributed by atoms with E-state index in [9.17, 15) is 4.79 Å². The molecule has 1 aliphatic rings. The van der Waals surface area contributed by atoms with Crippen molar-refractivity contribution in [3.63, 3.8) is 0 Å². The number of hydrogen-bond donors (Lipinski definition) is 0. The van der Waals surface area contributed by atoms with Gasteiger partial charge in [-0.25, -0.2) is 4.79 Å². The summed E-state index contributed by atoms with van der Waals surface area (Å²) in [6, 6.07) is 10.1. The summed E-state index contributed by atoms with van der Waals surface area (Å²) in [6.45, 7) is 0. The Morgan fingerprint density at radius 3 is 2.50 bits per heavy atom. The molecule has 1 atom stereocenters. The Kier molecular flexibility index (Phi) is 3.99. The first kappa shape index (κ1) is 13.1. The van der Waals surface area contributed by atoms with Gasteiger partial charge in [-0.15, -0.1) is 0 Å². The Morgan fingerprint density at radius 1 is 1.28 bits per heavy atom. The first-order valence-electron chi connectivity index (χ1n) is 6.05. The summed E-state index contributed by atoms with van der Waals surface area (Å²) in [4.78, 5) is 11.7. The SMILES string of the molecule is COC1(OC)CC(CCc2ccccc2)OC1=O. The summed E-state index contributed by atoms with van der Waals surface area (Å²) in [6.07, 6.45) is 1.97. The van der Waals surface area contributed by atoms with Crippen LogP contribution >= 0.6 is 0 Å². The highest BCUT2D eigenvalue weighted by Crippen LogP contribution is 2.31. The number of rotatable bonds is 5. The Bertz CT molecular complexity index is 398. The molecule has 0 aromatic heterocycles. The third-order valence-electron chi connectivity index (χ3n) is 3.34. The van der Waals surface area contributed by atoms with Crippen LogP contribution in [0.5, 0.6) is 0 Å². The fraction of sp³-hybridized carbons (Fsp3) is 0.500. The molecule has 1 saturated heterocycles. The highest BCUT2D eigenvalue weighted by atomic mass is 16.7. The van der Waals surface area contributed by atoms with Gasteiger partial charge in [0.25, 0.3) is 5.79 Å². The molecule has 4 nitrogen and oxygen atoms in total. The third-order valence-corrected chi connectivity index (χ3v) is 3.34. The van der Waals surface area contributed by atoms with E-state index in [2.05, 4.69) is 12.1 Å². The van der Waals surface area contributed by atoms with Crippen LogP contribution in [0.15, 0.2) is 30.3 Å². The van der Waals surface area contributed by atoms with Crippen molar-refractivity contribution in [2.24, 2.45) is 0 Å². The maximum absolute atomic E-state index is 11.7.